The van der Waals surface area contributed by atoms with Crippen molar-refractivity contribution in [2.75, 3.05) is 12.4 Å². The van der Waals surface area contributed by atoms with E-state index in [0.717, 1.165) is 16.8 Å². The fourth-order valence-corrected chi connectivity index (χ4v) is 3.60. The van der Waals surface area contributed by atoms with Crippen LogP contribution in [-0.2, 0) is 20.6 Å². The predicted molar refractivity (Wildman–Crippen MR) is 74.2 cm³/mol. The summed E-state index contributed by atoms with van der Waals surface area (Å²) in [5.41, 5.74) is -2.77. The van der Waals surface area contributed by atoms with Gasteiger partial charge in [-0.05, 0) is 12.2 Å². The Morgan fingerprint density at radius 3 is 2.55 bits per heavy atom. The van der Waals surface area contributed by atoms with Gasteiger partial charge in [0.1, 0.15) is 24.1 Å². The van der Waals surface area contributed by atoms with Gasteiger partial charge in [0.15, 0.2) is 10.5 Å². The highest BCUT2D eigenvalue weighted by Crippen LogP contribution is 2.36. The molecule has 1 aliphatic heterocycles. The van der Waals surface area contributed by atoms with Crippen molar-refractivity contribution in [3.05, 3.63) is 27.4 Å². The number of aromatic amines is 1. The molecule has 0 amide bonds. The van der Waals surface area contributed by atoms with Gasteiger partial charge in [-0.2, -0.15) is 8.42 Å². The van der Waals surface area contributed by atoms with Crippen LogP contribution in [0.25, 0.3) is 0 Å². The van der Waals surface area contributed by atoms with Crippen molar-refractivity contribution >= 4 is 22.3 Å². The smallest absolute Gasteiger partial charge is 0.269 e. The molecule has 0 spiro atoms. The van der Waals surface area contributed by atoms with E-state index in [2.05, 4.69) is 4.98 Å². The van der Waals surface area contributed by atoms with E-state index >= 15 is 0 Å². The van der Waals surface area contributed by atoms with Crippen LogP contribution < -0.4 is 5.56 Å². The van der Waals surface area contributed by atoms with Crippen LogP contribution in [-0.4, -0.2) is 68.5 Å². The topological polar surface area (TPSA) is 162 Å². The number of aliphatic hydroxyl groups excluding tert-OH is 3. The number of aromatic nitrogens is 2. The molecule has 2 heterocycles. The van der Waals surface area contributed by atoms with Crippen molar-refractivity contribution in [2.24, 2.45) is 0 Å². The van der Waals surface area contributed by atoms with Gasteiger partial charge in [-0.25, -0.2) is 0 Å². The maximum absolute atomic E-state index is 11.3. The molecule has 0 aliphatic carbocycles. The average Bonchev–Trinajstić information content (AvgIpc) is 2.62. The van der Waals surface area contributed by atoms with Crippen LogP contribution in [0.15, 0.2) is 17.1 Å². The fraction of sp³-hybridized carbons (Fsp3) is 0.600. The molecular weight excluding hydrogens is 340 g/mol. The predicted octanol–water partition coefficient (Wildman–Crippen LogP) is -2.44. The zero-order valence-corrected chi connectivity index (χ0v) is 12.6. The van der Waals surface area contributed by atoms with E-state index in [1.165, 1.54) is 0 Å². The van der Waals surface area contributed by atoms with Gasteiger partial charge in [0.25, 0.3) is 15.7 Å². The maximum Gasteiger partial charge on any atom is 0.269 e. The van der Waals surface area contributed by atoms with Gasteiger partial charge in [-0.3, -0.25) is 18.9 Å². The second-order valence-corrected chi connectivity index (χ2v) is 6.66. The third kappa shape index (κ3) is 2.99. The lowest BCUT2D eigenvalue weighted by atomic mass is 10.0. The molecule has 0 bridgehead atoms. The van der Waals surface area contributed by atoms with E-state index in [-0.39, 0.29) is 4.77 Å². The van der Waals surface area contributed by atoms with Crippen LogP contribution in [0.4, 0.5) is 0 Å². The second kappa shape index (κ2) is 5.81. The molecule has 4 atom stereocenters. The number of nitrogens with zero attached hydrogens (tertiary/aromatic N) is 1. The summed E-state index contributed by atoms with van der Waals surface area (Å²) >= 11 is 4.90. The minimum Gasteiger partial charge on any atom is -0.394 e. The Bertz CT molecular complexity index is 772. The van der Waals surface area contributed by atoms with E-state index in [0.29, 0.717) is 0 Å². The van der Waals surface area contributed by atoms with Gasteiger partial charge in [-0.1, -0.05) is 0 Å². The lowest BCUT2D eigenvalue weighted by Crippen LogP contribution is -2.51. The van der Waals surface area contributed by atoms with Crippen LogP contribution in [0.3, 0.4) is 0 Å². The highest BCUT2D eigenvalue weighted by molar-refractivity contribution is 7.85. The first-order valence-electron chi connectivity index (χ1n) is 6.03. The molecule has 0 radical (unpaired) electrons. The molecule has 2 rings (SSSR count). The lowest BCUT2D eigenvalue weighted by Gasteiger charge is -2.33. The van der Waals surface area contributed by atoms with Crippen LogP contribution in [0, 0.1) is 4.77 Å². The lowest BCUT2D eigenvalue weighted by molar-refractivity contribution is -0.133. The number of ether oxygens (including phenoxy) is 1. The molecule has 1 aromatic heterocycles. The molecule has 1 aromatic rings. The number of nitrogens with one attached hydrogen (secondary N) is 1. The normalized spacial score (nSPS) is 32.3. The SMILES string of the molecule is O=c1ccn([C@]2(CS(=O)(=O)O)O[C@H](CO)[C@@H](O)[C@H]2O)c(=S)[nH]1. The molecule has 10 nitrogen and oxygen atoms in total. The minimum absolute atomic E-state index is 0.291. The third-order valence-electron chi connectivity index (χ3n) is 3.32. The average molecular weight is 354 g/mol. The van der Waals surface area contributed by atoms with Crippen molar-refractivity contribution in [1.82, 2.24) is 9.55 Å². The van der Waals surface area contributed by atoms with E-state index in [1.54, 1.807) is 0 Å². The summed E-state index contributed by atoms with van der Waals surface area (Å²) in [7, 11) is -4.67. The molecule has 5 N–H and O–H groups in total. The van der Waals surface area contributed by atoms with Gasteiger partial charge in [0.2, 0.25) is 0 Å². The van der Waals surface area contributed by atoms with E-state index in [9.17, 15) is 23.4 Å². The van der Waals surface area contributed by atoms with E-state index in [1.807, 2.05) is 0 Å². The number of hydrogen-bond donors (Lipinski definition) is 5. The van der Waals surface area contributed by atoms with E-state index < -0.39 is 52.1 Å². The Morgan fingerprint density at radius 1 is 1.45 bits per heavy atom. The molecule has 22 heavy (non-hydrogen) atoms. The zero-order valence-electron chi connectivity index (χ0n) is 11.0. The first kappa shape index (κ1) is 17.2. The summed E-state index contributed by atoms with van der Waals surface area (Å²) < 4.78 is 37.6. The van der Waals surface area contributed by atoms with Gasteiger partial charge >= 0.3 is 0 Å². The van der Waals surface area contributed by atoms with Crippen LogP contribution >= 0.6 is 12.2 Å². The fourth-order valence-electron chi connectivity index (χ4n) is 2.38. The summed E-state index contributed by atoms with van der Waals surface area (Å²) in [6.07, 6.45) is -3.70. The van der Waals surface area contributed by atoms with Crippen LogP contribution in [0.1, 0.15) is 0 Å². The summed E-state index contributed by atoms with van der Waals surface area (Å²) in [5.74, 6) is -1.14. The highest BCUT2D eigenvalue weighted by Gasteiger charge is 2.57. The molecule has 0 aromatic carbocycles. The van der Waals surface area contributed by atoms with Gasteiger partial charge in [-0.15, -0.1) is 0 Å². The first-order chi connectivity index (χ1) is 10.1. The largest absolute Gasteiger partial charge is 0.394 e. The van der Waals surface area contributed by atoms with Crippen molar-refractivity contribution in [1.29, 1.82) is 0 Å². The van der Waals surface area contributed by atoms with Crippen LogP contribution in [0.2, 0.25) is 0 Å². The van der Waals surface area contributed by atoms with Gasteiger partial charge in [0, 0.05) is 12.3 Å². The summed E-state index contributed by atoms with van der Waals surface area (Å²) in [6, 6.07) is 0.996. The molecule has 0 saturated carbocycles. The highest BCUT2D eigenvalue weighted by atomic mass is 32.2. The Morgan fingerprint density at radius 2 is 2.09 bits per heavy atom. The molecule has 1 fully saturated rings. The van der Waals surface area contributed by atoms with Crippen molar-refractivity contribution in [2.45, 2.75) is 24.0 Å². The van der Waals surface area contributed by atoms with Gasteiger partial charge in [0.05, 0.1) is 6.61 Å². The van der Waals surface area contributed by atoms with Crippen LogP contribution in [0.5, 0.6) is 0 Å². The number of hydrogen-bond acceptors (Lipinski definition) is 8. The summed E-state index contributed by atoms with van der Waals surface area (Å²) in [5, 5.41) is 29.2. The molecule has 1 aliphatic rings. The van der Waals surface area contributed by atoms with Crippen molar-refractivity contribution in [3.63, 3.8) is 0 Å². The third-order valence-corrected chi connectivity index (χ3v) is 4.40. The number of rotatable bonds is 4. The van der Waals surface area contributed by atoms with E-state index in [4.69, 9.17) is 26.6 Å². The molecule has 12 heteroatoms. The number of H-pyrrole nitrogens is 1. The second-order valence-electron chi connectivity index (χ2n) is 4.83. The maximum atomic E-state index is 11.3. The standard InChI is InChI=1S/C10H14N2O8S2/c13-3-5-7(15)8(16)10(20-5,4-22(17,18)19)12-2-1-6(14)11-9(12)21/h1-2,5,7-8,13,15-16H,3-4H2,(H,11,14,21)(H,17,18,19)/t5-,7-,8-,10-/m1/s1. The monoisotopic (exact) mass is 354 g/mol. The Balaban J connectivity index is 2.67. The quantitative estimate of drug-likeness (QED) is 0.292. The Kier molecular flexibility index (Phi) is 4.54. The first-order valence-corrected chi connectivity index (χ1v) is 8.05. The molecule has 0 unspecified atom stereocenters. The molecule has 1 saturated heterocycles. The molecular formula is C10H14N2O8S2. The zero-order chi connectivity index (χ0) is 16.7. The summed E-state index contributed by atoms with van der Waals surface area (Å²) in [4.78, 5) is 13.4. The Hall–Kier alpha value is -1.15. The number of aliphatic hydroxyl groups is 3. The minimum atomic E-state index is -4.67. The van der Waals surface area contributed by atoms with Gasteiger partial charge < -0.3 is 20.1 Å². The Labute approximate surface area is 129 Å². The summed E-state index contributed by atoms with van der Waals surface area (Å²) in [6.45, 7) is -0.706. The van der Waals surface area contributed by atoms with Crippen molar-refractivity contribution in [3.8, 4) is 0 Å². The van der Waals surface area contributed by atoms with Crippen molar-refractivity contribution < 1.29 is 33.0 Å². The molecule has 124 valence electrons.